The lowest BCUT2D eigenvalue weighted by atomic mass is 9.99. The Balaban J connectivity index is 1.43. The van der Waals surface area contributed by atoms with Gasteiger partial charge >= 0.3 is 11.7 Å². The van der Waals surface area contributed by atoms with Crippen molar-refractivity contribution in [3.05, 3.63) is 93.8 Å². The second-order valence-electron chi connectivity index (χ2n) is 10.4. The summed E-state index contributed by atoms with van der Waals surface area (Å²) in [6.45, 7) is 5.86. The number of urea groups is 1. The molecule has 3 aromatic rings. The third-order valence-corrected chi connectivity index (χ3v) is 7.26. The number of nitrogens with two attached hydrogens (primary N) is 1. The van der Waals surface area contributed by atoms with Gasteiger partial charge in [0.15, 0.2) is 0 Å². The average Bonchev–Trinajstić information content (AvgIpc) is 2.96. The van der Waals surface area contributed by atoms with Gasteiger partial charge in [-0.3, -0.25) is 14.9 Å². The zero-order valence-electron chi connectivity index (χ0n) is 23.0. The molecule has 3 aromatic carbocycles. The first-order chi connectivity index (χ1) is 19.7. The summed E-state index contributed by atoms with van der Waals surface area (Å²) in [6, 6.07) is 16.7. The van der Waals surface area contributed by atoms with Gasteiger partial charge in [0.25, 0.3) is 5.91 Å². The van der Waals surface area contributed by atoms with E-state index in [-0.39, 0.29) is 18.1 Å². The number of hydrogen-bond acceptors (Lipinski definition) is 6. The molecule has 1 aliphatic heterocycles. The summed E-state index contributed by atoms with van der Waals surface area (Å²) in [5, 5.41) is 16.6. The van der Waals surface area contributed by atoms with Crippen molar-refractivity contribution in [1.82, 2.24) is 9.80 Å². The van der Waals surface area contributed by atoms with E-state index in [1.807, 2.05) is 0 Å². The van der Waals surface area contributed by atoms with Crippen LogP contribution in [-0.2, 0) is 6.54 Å². The monoisotopic (exact) mass is 562 g/mol. The SMILES string of the molecule is CC1CCN(CCCN(Cc2ccc(C(=O)Nc3ccccc3N)cc2)C(=O)Nc2ccc(F)c([N+](=O)[O-])c2)CC1. The van der Waals surface area contributed by atoms with Crippen LogP contribution >= 0.6 is 0 Å². The first kappa shape index (κ1) is 29.5. The van der Waals surface area contributed by atoms with Crippen LogP contribution in [0.15, 0.2) is 66.7 Å². The molecule has 1 saturated heterocycles. The van der Waals surface area contributed by atoms with Crippen molar-refractivity contribution in [3.63, 3.8) is 0 Å². The summed E-state index contributed by atoms with van der Waals surface area (Å²) in [7, 11) is 0. The van der Waals surface area contributed by atoms with Gasteiger partial charge in [-0.05, 0) is 86.8 Å². The van der Waals surface area contributed by atoms with Crippen LogP contribution < -0.4 is 16.4 Å². The number of nitrogens with one attached hydrogen (secondary N) is 2. The average molecular weight is 563 g/mol. The van der Waals surface area contributed by atoms with E-state index in [9.17, 15) is 24.1 Å². The van der Waals surface area contributed by atoms with E-state index in [4.69, 9.17) is 5.73 Å². The molecule has 11 heteroatoms. The van der Waals surface area contributed by atoms with Crippen LogP contribution in [0.2, 0.25) is 0 Å². The first-order valence-corrected chi connectivity index (χ1v) is 13.7. The predicted molar refractivity (Wildman–Crippen MR) is 157 cm³/mol. The highest BCUT2D eigenvalue weighted by Gasteiger charge is 2.20. The smallest absolute Gasteiger partial charge is 0.322 e. The molecule has 0 bridgehead atoms. The zero-order chi connectivity index (χ0) is 29.4. The minimum atomic E-state index is -0.972. The molecule has 0 aromatic heterocycles. The largest absolute Gasteiger partial charge is 0.397 e. The molecule has 3 amide bonds. The Morgan fingerprint density at radius 3 is 2.46 bits per heavy atom. The summed E-state index contributed by atoms with van der Waals surface area (Å²) < 4.78 is 13.8. The summed E-state index contributed by atoms with van der Waals surface area (Å²) in [5.74, 6) is -0.555. The molecule has 4 N–H and O–H groups in total. The number of nitrogens with zero attached hydrogens (tertiary/aromatic N) is 3. The van der Waals surface area contributed by atoms with Crippen LogP contribution in [-0.4, -0.2) is 52.8 Å². The van der Waals surface area contributed by atoms with E-state index < -0.39 is 22.5 Å². The number of amides is 3. The summed E-state index contributed by atoms with van der Waals surface area (Å²) >= 11 is 0. The number of para-hydroxylation sites is 2. The number of nitro groups is 1. The van der Waals surface area contributed by atoms with Gasteiger partial charge in [-0.1, -0.05) is 31.2 Å². The number of hydrogen-bond donors (Lipinski definition) is 3. The Hall–Kier alpha value is -4.51. The Kier molecular flexibility index (Phi) is 9.86. The fourth-order valence-corrected chi connectivity index (χ4v) is 4.74. The summed E-state index contributed by atoms with van der Waals surface area (Å²) in [5.41, 5.74) is 7.56. The first-order valence-electron chi connectivity index (χ1n) is 13.7. The van der Waals surface area contributed by atoms with Gasteiger partial charge in [0.2, 0.25) is 5.82 Å². The van der Waals surface area contributed by atoms with Gasteiger partial charge in [0.05, 0.1) is 16.3 Å². The van der Waals surface area contributed by atoms with Crippen LogP contribution in [0.3, 0.4) is 0 Å². The maximum atomic E-state index is 13.8. The number of likely N-dealkylation sites (tertiary alicyclic amines) is 1. The van der Waals surface area contributed by atoms with E-state index in [0.717, 1.165) is 62.5 Å². The summed E-state index contributed by atoms with van der Waals surface area (Å²) in [6.07, 6.45) is 3.05. The Labute approximate surface area is 238 Å². The lowest BCUT2D eigenvalue weighted by molar-refractivity contribution is -0.387. The van der Waals surface area contributed by atoms with Crippen molar-refractivity contribution >= 4 is 34.7 Å². The van der Waals surface area contributed by atoms with Gasteiger partial charge in [-0.25, -0.2) is 4.79 Å². The number of nitro benzene ring substituents is 1. The molecular weight excluding hydrogens is 527 g/mol. The van der Waals surface area contributed by atoms with Crippen molar-refractivity contribution in [2.45, 2.75) is 32.7 Å². The molecule has 216 valence electrons. The normalized spacial score (nSPS) is 13.9. The maximum Gasteiger partial charge on any atom is 0.322 e. The molecule has 0 radical (unpaired) electrons. The molecule has 41 heavy (non-hydrogen) atoms. The molecule has 10 nitrogen and oxygen atoms in total. The fraction of sp³-hybridized carbons (Fsp3) is 0.333. The zero-order valence-corrected chi connectivity index (χ0v) is 23.0. The van der Waals surface area contributed by atoms with Crippen molar-refractivity contribution in [1.29, 1.82) is 0 Å². The predicted octanol–water partition coefficient (Wildman–Crippen LogP) is 5.72. The fourth-order valence-electron chi connectivity index (χ4n) is 4.74. The minimum absolute atomic E-state index is 0.130. The standard InChI is InChI=1S/C30H35FN6O4/c1-21-13-17-35(18-14-21)15-4-16-36(30(39)33-24-11-12-25(31)28(19-24)37(40)41)20-22-7-9-23(10-8-22)29(38)34-27-6-3-2-5-26(27)32/h2-3,5-12,19,21H,4,13-18,20,32H2,1H3,(H,33,39)(H,34,38). The van der Waals surface area contributed by atoms with Crippen LogP contribution in [0.5, 0.6) is 0 Å². The van der Waals surface area contributed by atoms with E-state index in [0.29, 0.717) is 23.5 Å². The van der Waals surface area contributed by atoms with Gasteiger partial charge in [0, 0.05) is 30.4 Å². The van der Waals surface area contributed by atoms with Crippen LogP contribution in [0, 0.1) is 21.8 Å². The van der Waals surface area contributed by atoms with Crippen LogP contribution in [0.25, 0.3) is 0 Å². The molecule has 1 fully saturated rings. The van der Waals surface area contributed by atoms with Crippen molar-refractivity contribution in [2.24, 2.45) is 5.92 Å². The van der Waals surface area contributed by atoms with Crippen LogP contribution in [0.1, 0.15) is 42.1 Å². The Morgan fingerprint density at radius 2 is 1.78 bits per heavy atom. The number of nitrogen functional groups attached to an aromatic ring is 1. The van der Waals surface area contributed by atoms with Gasteiger partial charge in [-0.15, -0.1) is 0 Å². The molecule has 4 rings (SSSR count). The Bertz CT molecular complexity index is 1380. The number of benzene rings is 3. The van der Waals surface area contributed by atoms with Gasteiger partial charge < -0.3 is 26.2 Å². The number of rotatable bonds is 10. The molecule has 1 heterocycles. The lowest BCUT2D eigenvalue weighted by Gasteiger charge is -2.31. The lowest BCUT2D eigenvalue weighted by Crippen LogP contribution is -2.38. The van der Waals surface area contributed by atoms with Crippen LogP contribution in [0.4, 0.5) is 31.9 Å². The Morgan fingerprint density at radius 1 is 1.07 bits per heavy atom. The van der Waals surface area contributed by atoms with E-state index in [1.54, 1.807) is 53.4 Å². The number of piperidine rings is 1. The quantitative estimate of drug-likeness (QED) is 0.164. The minimum Gasteiger partial charge on any atom is -0.397 e. The highest BCUT2D eigenvalue weighted by atomic mass is 19.1. The van der Waals surface area contributed by atoms with E-state index >= 15 is 0 Å². The molecule has 1 aliphatic rings. The molecule has 0 spiro atoms. The topological polar surface area (TPSA) is 134 Å². The molecule has 0 unspecified atom stereocenters. The molecule has 0 atom stereocenters. The number of carbonyl (C=O) groups is 2. The number of halogens is 1. The highest BCUT2D eigenvalue weighted by Crippen LogP contribution is 2.23. The number of anilines is 3. The molecular formula is C30H35FN6O4. The van der Waals surface area contributed by atoms with Gasteiger partial charge in [-0.2, -0.15) is 4.39 Å². The molecule has 0 saturated carbocycles. The second kappa shape index (κ2) is 13.7. The summed E-state index contributed by atoms with van der Waals surface area (Å²) in [4.78, 5) is 40.3. The van der Waals surface area contributed by atoms with E-state index in [2.05, 4.69) is 22.5 Å². The second-order valence-corrected chi connectivity index (χ2v) is 10.4. The maximum absolute atomic E-state index is 13.8. The van der Waals surface area contributed by atoms with Gasteiger partial charge in [0.1, 0.15) is 0 Å². The van der Waals surface area contributed by atoms with Crippen molar-refractivity contribution < 1.29 is 18.9 Å². The third kappa shape index (κ3) is 8.24. The van der Waals surface area contributed by atoms with Crippen molar-refractivity contribution in [3.8, 4) is 0 Å². The van der Waals surface area contributed by atoms with E-state index in [1.165, 1.54) is 6.07 Å². The highest BCUT2D eigenvalue weighted by molar-refractivity contribution is 6.05. The van der Waals surface area contributed by atoms with Crippen molar-refractivity contribution in [2.75, 3.05) is 42.5 Å². The molecule has 0 aliphatic carbocycles. The third-order valence-electron chi connectivity index (χ3n) is 7.26. The number of carbonyl (C=O) groups excluding carboxylic acids is 2.